The van der Waals surface area contributed by atoms with Gasteiger partial charge in [0.15, 0.2) is 11.5 Å². The monoisotopic (exact) mass is 369 g/mol. The van der Waals surface area contributed by atoms with Crippen molar-refractivity contribution >= 4 is 34.3 Å². The molecule has 7 heteroatoms. The summed E-state index contributed by atoms with van der Waals surface area (Å²) >= 11 is 1.59. The number of thiophene rings is 1. The number of carbonyl (C=O) groups is 2. The van der Waals surface area contributed by atoms with Crippen LogP contribution in [0.4, 0.5) is 0 Å². The van der Waals surface area contributed by atoms with Gasteiger partial charge in [0, 0.05) is 43.5 Å². The third kappa shape index (κ3) is 3.35. The summed E-state index contributed by atoms with van der Waals surface area (Å²) in [6.07, 6.45) is 0.438. The minimum Gasteiger partial charge on any atom is -0.441 e. The Morgan fingerprint density at radius 2 is 1.92 bits per heavy atom. The van der Waals surface area contributed by atoms with Crippen LogP contribution < -0.4 is 0 Å². The van der Waals surface area contributed by atoms with Gasteiger partial charge in [-0.1, -0.05) is 6.07 Å². The van der Waals surface area contributed by atoms with Crippen molar-refractivity contribution in [2.24, 2.45) is 0 Å². The molecule has 1 fully saturated rings. The zero-order valence-electron chi connectivity index (χ0n) is 14.5. The molecular weight excluding hydrogens is 350 g/mol. The highest BCUT2D eigenvalue weighted by Crippen LogP contribution is 2.19. The van der Waals surface area contributed by atoms with Gasteiger partial charge in [0.1, 0.15) is 5.52 Å². The number of aromatic nitrogens is 1. The number of aryl methyl sites for hydroxylation is 1. The molecule has 1 aliphatic rings. The molecule has 0 unspecified atom stereocenters. The third-order valence-electron chi connectivity index (χ3n) is 4.57. The number of rotatable bonds is 3. The van der Waals surface area contributed by atoms with E-state index in [1.165, 1.54) is 0 Å². The summed E-state index contributed by atoms with van der Waals surface area (Å²) in [7, 11) is 0. The van der Waals surface area contributed by atoms with E-state index >= 15 is 0 Å². The minimum atomic E-state index is -0.0358. The molecule has 0 N–H and O–H groups in total. The molecule has 0 saturated carbocycles. The zero-order valence-corrected chi connectivity index (χ0v) is 15.3. The van der Waals surface area contributed by atoms with Crippen LogP contribution in [-0.4, -0.2) is 52.8 Å². The molecule has 0 radical (unpaired) electrons. The lowest BCUT2D eigenvalue weighted by Gasteiger charge is -2.34. The molecule has 6 nitrogen and oxygen atoms in total. The van der Waals surface area contributed by atoms with Crippen molar-refractivity contribution in [1.29, 1.82) is 0 Å². The third-order valence-corrected chi connectivity index (χ3v) is 5.44. The van der Waals surface area contributed by atoms with Gasteiger partial charge in [0.25, 0.3) is 5.91 Å². The number of oxazole rings is 1. The molecule has 0 aliphatic carbocycles. The Kier molecular flexibility index (Phi) is 4.46. The van der Waals surface area contributed by atoms with Gasteiger partial charge in [-0.3, -0.25) is 9.59 Å². The molecule has 4 rings (SSSR count). The van der Waals surface area contributed by atoms with Crippen LogP contribution in [0.2, 0.25) is 0 Å². The average molecular weight is 369 g/mol. The van der Waals surface area contributed by atoms with E-state index in [9.17, 15) is 9.59 Å². The lowest BCUT2D eigenvalue weighted by Crippen LogP contribution is -2.50. The summed E-state index contributed by atoms with van der Waals surface area (Å²) in [4.78, 5) is 34.1. The van der Waals surface area contributed by atoms with Crippen molar-refractivity contribution in [3.63, 3.8) is 0 Å². The Labute approximate surface area is 155 Å². The molecule has 1 aromatic carbocycles. The van der Waals surface area contributed by atoms with E-state index < -0.39 is 0 Å². The van der Waals surface area contributed by atoms with Crippen molar-refractivity contribution in [1.82, 2.24) is 14.8 Å². The Balaban J connectivity index is 1.38. The standard InChI is InChI=1S/C19H19N3O3S/c1-13-20-16-5-4-14(11-17(16)25-13)19(24)22-8-6-21(7-9-22)18(23)12-15-3-2-10-26-15/h2-5,10-11H,6-9,12H2,1H3. The second-order valence-corrected chi connectivity index (χ2v) is 7.38. The van der Waals surface area contributed by atoms with Crippen LogP contribution in [-0.2, 0) is 11.2 Å². The smallest absolute Gasteiger partial charge is 0.254 e. The van der Waals surface area contributed by atoms with Gasteiger partial charge < -0.3 is 14.2 Å². The molecule has 0 spiro atoms. The maximum atomic E-state index is 12.7. The van der Waals surface area contributed by atoms with Crippen LogP contribution in [0.1, 0.15) is 21.1 Å². The fourth-order valence-electron chi connectivity index (χ4n) is 3.19. The first kappa shape index (κ1) is 16.8. The van der Waals surface area contributed by atoms with Gasteiger partial charge in [0.05, 0.1) is 6.42 Å². The normalized spacial score (nSPS) is 14.8. The van der Waals surface area contributed by atoms with Crippen molar-refractivity contribution in [3.8, 4) is 0 Å². The Hall–Kier alpha value is -2.67. The van der Waals surface area contributed by atoms with Gasteiger partial charge in [0.2, 0.25) is 5.91 Å². The predicted octanol–water partition coefficient (Wildman–Crippen LogP) is 2.72. The van der Waals surface area contributed by atoms with Crippen LogP contribution >= 0.6 is 11.3 Å². The van der Waals surface area contributed by atoms with E-state index in [1.54, 1.807) is 41.4 Å². The average Bonchev–Trinajstić information content (AvgIpc) is 3.28. The topological polar surface area (TPSA) is 66.7 Å². The highest BCUT2D eigenvalue weighted by Gasteiger charge is 2.25. The van der Waals surface area contributed by atoms with Crippen molar-refractivity contribution in [3.05, 3.63) is 52.0 Å². The summed E-state index contributed by atoms with van der Waals surface area (Å²) < 4.78 is 5.51. The summed E-state index contributed by atoms with van der Waals surface area (Å²) in [5.74, 6) is 0.673. The molecule has 26 heavy (non-hydrogen) atoms. The largest absolute Gasteiger partial charge is 0.441 e. The molecule has 1 aliphatic heterocycles. The Morgan fingerprint density at radius 3 is 2.65 bits per heavy atom. The minimum absolute atomic E-state index is 0.0358. The lowest BCUT2D eigenvalue weighted by molar-refractivity contribution is -0.131. The number of carbonyl (C=O) groups excluding carboxylic acids is 2. The lowest BCUT2D eigenvalue weighted by atomic mass is 10.1. The molecule has 1 saturated heterocycles. The highest BCUT2D eigenvalue weighted by molar-refractivity contribution is 7.10. The van der Waals surface area contributed by atoms with Crippen LogP contribution in [0.3, 0.4) is 0 Å². The number of benzene rings is 1. The van der Waals surface area contributed by atoms with Crippen LogP contribution in [0.5, 0.6) is 0 Å². The van der Waals surface area contributed by atoms with E-state index in [1.807, 2.05) is 22.4 Å². The Morgan fingerprint density at radius 1 is 1.15 bits per heavy atom. The van der Waals surface area contributed by atoms with E-state index in [0.29, 0.717) is 49.6 Å². The van der Waals surface area contributed by atoms with Gasteiger partial charge >= 0.3 is 0 Å². The summed E-state index contributed by atoms with van der Waals surface area (Å²) in [6.45, 7) is 4.01. The number of nitrogens with zero attached hydrogens (tertiary/aromatic N) is 3. The first-order chi connectivity index (χ1) is 12.6. The first-order valence-electron chi connectivity index (χ1n) is 8.57. The molecule has 2 amide bonds. The van der Waals surface area contributed by atoms with Crippen LogP contribution in [0, 0.1) is 6.92 Å². The van der Waals surface area contributed by atoms with Crippen molar-refractivity contribution in [2.45, 2.75) is 13.3 Å². The zero-order chi connectivity index (χ0) is 18.1. The molecule has 0 atom stereocenters. The summed E-state index contributed by atoms with van der Waals surface area (Å²) in [5, 5.41) is 1.98. The molecule has 134 valence electrons. The molecule has 2 aromatic heterocycles. The van der Waals surface area contributed by atoms with Crippen molar-refractivity contribution in [2.75, 3.05) is 26.2 Å². The predicted molar refractivity (Wildman–Crippen MR) is 99.3 cm³/mol. The second-order valence-electron chi connectivity index (χ2n) is 6.34. The van der Waals surface area contributed by atoms with Crippen LogP contribution in [0.25, 0.3) is 11.1 Å². The van der Waals surface area contributed by atoms with Gasteiger partial charge in [-0.15, -0.1) is 11.3 Å². The van der Waals surface area contributed by atoms with Gasteiger partial charge in [-0.05, 0) is 29.6 Å². The number of hydrogen-bond acceptors (Lipinski definition) is 5. The quantitative estimate of drug-likeness (QED) is 0.712. The summed E-state index contributed by atoms with van der Waals surface area (Å²) in [5.41, 5.74) is 1.97. The van der Waals surface area contributed by atoms with E-state index in [2.05, 4.69) is 4.98 Å². The highest BCUT2D eigenvalue weighted by atomic mass is 32.1. The van der Waals surface area contributed by atoms with Gasteiger partial charge in [-0.25, -0.2) is 4.98 Å². The SMILES string of the molecule is Cc1nc2ccc(C(=O)N3CCN(C(=O)Cc4cccs4)CC3)cc2o1. The number of piperazine rings is 1. The van der Waals surface area contributed by atoms with Gasteiger partial charge in [-0.2, -0.15) is 0 Å². The number of fused-ring (bicyclic) bond motifs is 1. The molecule has 3 heterocycles. The van der Waals surface area contributed by atoms with E-state index in [0.717, 1.165) is 10.4 Å². The maximum absolute atomic E-state index is 12.7. The number of amides is 2. The van der Waals surface area contributed by atoms with Crippen molar-refractivity contribution < 1.29 is 14.0 Å². The van der Waals surface area contributed by atoms with Crippen LogP contribution in [0.15, 0.2) is 40.1 Å². The summed E-state index contributed by atoms with van der Waals surface area (Å²) in [6, 6.07) is 9.26. The fourth-order valence-corrected chi connectivity index (χ4v) is 3.88. The second kappa shape index (κ2) is 6.92. The van der Waals surface area contributed by atoms with E-state index in [4.69, 9.17) is 4.42 Å². The molecule has 0 bridgehead atoms. The molecular formula is C19H19N3O3S. The molecule has 3 aromatic rings. The van der Waals surface area contributed by atoms with E-state index in [-0.39, 0.29) is 11.8 Å². The first-order valence-corrected chi connectivity index (χ1v) is 9.45. The number of hydrogen-bond donors (Lipinski definition) is 0. The fraction of sp³-hybridized carbons (Fsp3) is 0.316. The maximum Gasteiger partial charge on any atom is 0.254 e. The Bertz CT molecular complexity index is 940.